The van der Waals surface area contributed by atoms with Gasteiger partial charge < -0.3 is 14.0 Å². The first-order chi connectivity index (χ1) is 13.0. The minimum atomic E-state index is -6.09. The molecule has 1 saturated heterocycles. The zero-order chi connectivity index (χ0) is 20.9. The molecule has 1 heterocycles. The lowest BCUT2D eigenvalue weighted by atomic mass is 10.1. The molecule has 3 rings (SSSR count). The van der Waals surface area contributed by atoms with E-state index in [2.05, 4.69) is 30.3 Å². The highest BCUT2D eigenvalue weighted by molar-refractivity contribution is 7.97. The van der Waals surface area contributed by atoms with E-state index < -0.39 is 15.6 Å². The molecule has 1 fully saturated rings. The van der Waals surface area contributed by atoms with E-state index in [1.165, 1.54) is 40.0 Å². The van der Waals surface area contributed by atoms with E-state index in [0.29, 0.717) is 10.9 Å². The van der Waals surface area contributed by atoms with Crippen LogP contribution in [0.15, 0.2) is 41.3 Å². The normalized spacial score (nSPS) is 16.5. The average Bonchev–Trinajstić information content (AvgIpc) is 3.14. The maximum atomic E-state index is 10.7. The molecule has 28 heavy (non-hydrogen) atoms. The second-order valence-electron chi connectivity index (χ2n) is 6.04. The summed E-state index contributed by atoms with van der Waals surface area (Å²) in [5.74, 6) is 3.61. The minimum absolute atomic E-state index is 0.224. The summed E-state index contributed by atoms with van der Waals surface area (Å²) in [6, 6.07) is 12.9. The predicted molar refractivity (Wildman–Crippen MR) is 101 cm³/mol. The Morgan fingerprint density at radius 2 is 1.61 bits per heavy atom. The van der Waals surface area contributed by atoms with Crippen LogP contribution in [0.2, 0.25) is 0 Å². The molecule has 0 spiro atoms. The number of fused-ring (bicyclic) bond motifs is 1. The Kier molecular flexibility index (Phi) is 7.60. The van der Waals surface area contributed by atoms with Gasteiger partial charge in [0.1, 0.15) is 17.3 Å². The Balaban J connectivity index is 0.000000300. The minimum Gasteiger partial charge on any atom is -0.741 e. The summed E-state index contributed by atoms with van der Waals surface area (Å²) in [6.45, 7) is 1.92. The molecule has 0 aromatic heterocycles. The summed E-state index contributed by atoms with van der Waals surface area (Å²) in [5.41, 5.74) is -5.65. The van der Waals surface area contributed by atoms with Crippen molar-refractivity contribution in [3.05, 3.63) is 36.4 Å². The number of methoxy groups -OCH3 is 1. The van der Waals surface area contributed by atoms with Gasteiger partial charge in [-0.1, -0.05) is 18.2 Å². The lowest BCUT2D eigenvalue weighted by Gasteiger charge is -2.15. The van der Waals surface area contributed by atoms with Crippen molar-refractivity contribution in [2.75, 3.05) is 18.6 Å². The van der Waals surface area contributed by atoms with Crippen LogP contribution >= 0.6 is 0 Å². The number of rotatable bonds is 4. The van der Waals surface area contributed by atoms with Gasteiger partial charge in [-0.25, -0.2) is 8.42 Å². The quantitative estimate of drug-likeness (QED) is 0.312. The van der Waals surface area contributed by atoms with Crippen LogP contribution in [0, 0.1) is 0 Å². The highest BCUT2D eigenvalue weighted by Gasteiger charge is 2.37. The zero-order valence-electron chi connectivity index (χ0n) is 15.4. The number of ether oxygens (including phenoxy) is 2. The van der Waals surface area contributed by atoms with Crippen molar-refractivity contribution in [2.24, 2.45) is 0 Å². The van der Waals surface area contributed by atoms with Crippen molar-refractivity contribution >= 4 is 31.8 Å². The van der Waals surface area contributed by atoms with Gasteiger partial charge in [-0.05, 0) is 38.0 Å². The molecule has 0 radical (unpaired) electrons. The molecule has 0 saturated carbocycles. The van der Waals surface area contributed by atoms with Gasteiger partial charge in [-0.15, -0.1) is 0 Å². The molecule has 1 aliphatic rings. The molecule has 1 unspecified atom stereocenters. The van der Waals surface area contributed by atoms with E-state index in [9.17, 15) is 13.2 Å². The summed E-state index contributed by atoms with van der Waals surface area (Å²) < 4.78 is 70.0. The second kappa shape index (κ2) is 9.34. The van der Waals surface area contributed by atoms with Crippen LogP contribution in [0.3, 0.4) is 0 Å². The monoisotopic (exact) mass is 438 g/mol. The van der Waals surface area contributed by atoms with Gasteiger partial charge in [0, 0.05) is 28.8 Å². The fraction of sp³-hybridized carbons (Fsp3) is 0.444. The van der Waals surface area contributed by atoms with Crippen molar-refractivity contribution in [2.45, 2.75) is 36.5 Å². The van der Waals surface area contributed by atoms with Gasteiger partial charge in [0.05, 0.1) is 0 Å². The zero-order valence-corrected chi connectivity index (χ0v) is 17.0. The number of benzene rings is 2. The van der Waals surface area contributed by atoms with Crippen LogP contribution in [0.5, 0.6) is 5.75 Å². The summed E-state index contributed by atoms with van der Waals surface area (Å²) in [5, 5.41) is 2.55. The maximum Gasteiger partial charge on any atom is 0.485 e. The van der Waals surface area contributed by atoms with Gasteiger partial charge in [-0.3, -0.25) is 0 Å². The molecule has 156 valence electrons. The number of halogens is 3. The molecule has 2 aromatic carbocycles. The van der Waals surface area contributed by atoms with Crippen molar-refractivity contribution < 1.29 is 35.6 Å². The molecule has 2 aromatic rings. The molecule has 1 atom stereocenters. The predicted octanol–water partition coefficient (Wildman–Crippen LogP) is 4.03. The highest BCUT2D eigenvalue weighted by atomic mass is 32.2. The van der Waals surface area contributed by atoms with E-state index in [1.807, 2.05) is 13.0 Å². The first-order valence-corrected chi connectivity index (χ1v) is 11.4. The van der Waals surface area contributed by atoms with E-state index in [0.717, 1.165) is 5.75 Å². The van der Waals surface area contributed by atoms with Crippen LogP contribution < -0.4 is 4.74 Å². The lowest BCUT2D eigenvalue weighted by molar-refractivity contribution is -0.0518. The second-order valence-corrected chi connectivity index (χ2v) is 9.65. The molecule has 0 N–H and O–H groups in total. The third-order valence-electron chi connectivity index (χ3n) is 4.09. The number of hydrogen-bond donors (Lipinski definition) is 0. The number of alkyl halides is 3. The molecule has 0 bridgehead atoms. The SMILES string of the molecule is COC(C)Oc1cccc2c([S+]3CCCC3)cccc12.O=S(=O)([O-])C(F)(F)F. The smallest absolute Gasteiger partial charge is 0.485 e. The van der Waals surface area contributed by atoms with Crippen molar-refractivity contribution in [3.63, 3.8) is 0 Å². The Morgan fingerprint density at radius 1 is 1.07 bits per heavy atom. The van der Waals surface area contributed by atoms with Crippen LogP contribution in [-0.4, -0.2) is 43.4 Å². The first kappa shape index (κ1) is 22.8. The summed E-state index contributed by atoms with van der Waals surface area (Å²) in [7, 11) is -4.00. The number of hydrogen-bond acceptors (Lipinski definition) is 5. The average molecular weight is 438 g/mol. The lowest BCUT2D eigenvalue weighted by Crippen LogP contribution is -2.21. The summed E-state index contributed by atoms with van der Waals surface area (Å²) in [6.07, 6.45) is 2.52. The fourth-order valence-corrected chi connectivity index (χ4v) is 5.22. The van der Waals surface area contributed by atoms with Gasteiger partial charge >= 0.3 is 5.51 Å². The van der Waals surface area contributed by atoms with Crippen molar-refractivity contribution in [3.8, 4) is 5.75 Å². The van der Waals surface area contributed by atoms with Crippen molar-refractivity contribution in [1.29, 1.82) is 0 Å². The molecule has 1 aliphatic heterocycles. The molecular weight excluding hydrogens is 417 g/mol. The van der Waals surface area contributed by atoms with E-state index in [1.54, 1.807) is 7.11 Å². The van der Waals surface area contributed by atoms with Crippen molar-refractivity contribution in [1.82, 2.24) is 0 Å². The third-order valence-corrected chi connectivity index (χ3v) is 7.20. The van der Waals surface area contributed by atoms with Gasteiger partial charge in [-0.2, -0.15) is 13.2 Å². The first-order valence-electron chi connectivity index (χ1n) is 8.45. The van der Waals surface area contributed by atoms with Gasteiger partial charge in [0.2, 0.25) is 0 Å². The van der Waals surface area contributed by atoms with Crippen LogP contribution in [-0.2, 0) is 25.7 Å². The third kappa shape index (κ3) is 5.76. The van der Waals surface area contributed by atoms with E-state index >= 15 is 0 Å². The van der Waals surface area contributed by atoms with Gasteiger partial charge in [0.15, 0.2) is 21.3 Å². The standard InChI is InChI=1S/C17H21O2S.CHF3O3S/c1-13(18-2)19-16-9-5-8-15-14(16)7-6-10-17(15)20-11-3-4-12-20;2-1(3,4)8(5,6)7/h5-10,13H,3-4,11-12H2,1-2H3;(H,5,6,7)/q+1;/p-1. The Bertz CT molecular complexity index is 894. The largest absolute Gasteiger partial charge is 0.741 e. The van der Waals surface area contributed by atoms with Crippen LogP contribution in [0.1, 0.15) is 19.8 Å². The highest BCUT2D eigenvalue weighted by Crippen LogP contribution is 2.34. The van der Waals surface area contributed by atoms with Crippen LogP contribution in [0.4, 0.5) is 13.2 Å². The van der Waals surface area contributed by atoms with E-state index in [4.69, 9.17) is 22.4 Å². The van der Waals surface area contributed by atoms with Gasteiger partial charge in [0.25, 0.3) is 0 Å². The summed E-state index contributed by atoms with van der Waals surface area (Å²) in [4.78, 5) is 1.51. The van der Waals surface area contributed by atoms with Crippen LogP contribution in [0.25, 0.3) is 10.8 Å². The molecule has 0 aliphatic carbocycles. The molecule has 5 nitrogen and oxygen atoms in total. The Hall–Kier alpha value is -1.49. The molecule has 0 amide bonds. The summed E-state index contributed by atoms with van der Waals surface area (Å²) >= 11 is 0. The Labute approximate surface area is 164 Å². The molecular formula is C18H21F3O5S2. The molecule has 10 heteroatoms. The van der Waals surface area contributed by atoms with E-state index in [-0.39, 0.29) is 6.29 Å². The maximum absolute atomic E-state index is 10.7. The topological polar surface area (TPSA) is 75.7 Å². The fourth-order valence-electron chi connectivity index (χ4n) is 2.71. The Morgan fingerprint density at radius 3 is 2.14 bits per heavy atom.